The summed E-state index contributed by atoms with van der Waals surface area (Å²) in [6.45, 7) is 0.140. The molecule has 21 heavy (non-hydrogen) atoms. The van der Waals surface area contributed by atoms with Crippen LogP contribution in [0.15, 0.2) is 24.3 Å². The van der Waals surface area contributed by atoms with Crippen LogP contribution in [0.3, 0.4) is 0 Å². The molecule has 0 aliphatic heterocycles. The Hall–Kier alpha value is -1.73. The van der Waals surface area contributed by atoms with E-state index >= 15 is 0 Å². The fourth-order valence-electron chi connectivity index (χ4n) is 1.38. The van der Waals surface area contributed by atoms with E-state index in [0.717, 1.165) is 5.56 Å². The van der Waals surface area contributed by atoms with E-state index in [1.807, 2.05) is 0 Å². The van der Waals surface area contributed by atoms with Gasteiger partial charge in [0.05, 0.1) is 13.1 Å². The van der Waals surface area contributed by atoms with Gasteiger partial charge in [0.25, 0.3) is 11.8 Å². The standard InChI is InChI=1S/C13H17F2N3O2.ClH/c1-9(19)17-6-10-2-4-11(5-3-10)12(20)18-8-13(14,15)7-16;/h2-5H,6-8,16H2,1H3,(H,17,19)(H,18,20);1H. The van der Waals surface area contributed by atoms with Gasteiger partial charge in [-0.3, -0.25) is 9.59 Å². The van der Waals surface area contributed by atoms with Crippen LogP contribution >= 0.6 is 12.4 Å². The Morgan fingerprint density at radius 3 is 2.24 bits per heavy atom. The molecule has 4 N–H and O–H groups in total. The molecule has 0 atom stereocenters. The second-order valence-corrected chi connectivity index (χ2v) is 4.35. The number of amides is 2. The summed E-state index contributed by atoms with van der Waals surface area (Å²) in [5, 5.41) is 4.73. The number of nitrogens with two attached hydrogens (primary N) is 1. The van der Waals surface area contributed by atoms with Gasteiger partial charge in [0.2, 0.25) is 5.91 Å². The van der Waals surface area contributed by atoms with Gasteiger partial charge in [0.1, 0.15) is 0 Å². The van der Waals surface area contributed by atoms with Crippen LogP contribution in [0.25, 0.3) is 0 Å². The first-order chi connectivity index (χ1) is 9.34. The summed E-state index contributed by atoms with van der Waals surface area (Å²) in [5.41, 5.74) is 5.95. The van der Waals surface area contributed by atoms with Crippen LogP contribution in [0.1, 0.15) is 22.8 Å². The third-order valence-corrected chi connectivity index (χ3v) is 2.56. The lowest BCUT2D eigenvalue weighted by Crippen LogP contribution is -2.41. The lowest BCUT2D eigenvalue weighted by Gasteiger charge is -2.14. The summed E-state index contributed by atoms with van der Waals surface area (Å²) in [5.74, 6) is -3.86. The molecule has 2 amide bonds. The highest BCUT2D eigenvalue weighted by Crippen LogP contribution is 2.10. The SMILES string of the molecule is CC(=O)NCc1ccc(C(=O)NCC(F)(F)CN)cc1.Cl. The Balaban J connectivity index is 0.00000400. The maximum atomic E-state index is 12.9. The maximum absolute atomic E-state index is 12.9. The first-order valence-electron chi connectivity index (χ1n) is 6.03. The summed E-state index contributed by atoms with van der Waals surface area (Å²) in [6, 6.07) is 6.30. The monoisotopic (exact) mass is 321 g/mol. The van der Waals surface area contributed by atoms with Gasteiger partial charge < -0.3 is 16.4 Å². The fourth-order valence-corrected chi connectivity index (χ4v) is 1.38. The molecule has 0 aliphatic carbocycles. The van der Waals surface area contributed by atoms with Crippen molar-refractivity contribution in [3.05, 3.63) is 35.4 Å². The lowest BCUT2D eigenvalue weighted by molar-refractivity contribution is -0.119. The lowest BCUT2D eigenvalue weighted by atomic mass is 10.1. The minimum Gasteiger partial charge on any atom is -0.352 e. The number of hydrogen-bond acceptors (Lipinski definition) is 3. The Kier molecular flexibility index (Phi) is 7.83. The molecule has 0 unspecified atom stereocenters. The van der Waals surface area contributed by atoms with Crippen LogP contribution < -0.4 is 16.4 Å². The quantitative estimate of drug-likeness (QED) is 0.732. The smallest absolute Gasteiger partial charge is 0.277 e. The highest BCUT2D eigenvalue weighted by atomic mass is 35.5. The van der Waals surface area contributed by atoms with Crippen molar-refractivity contribution in [3.63, 3.8) is 0 Å². The first kappa shape index (κ1) is 19.3. The van der Waals surface area contributed by atoms with Gasteiger partial charge >= 0.3 is 0 Å². The van der Waals surface area contributed by atoms with Crippen molar-refractivity contribution in [3.8, 4) is 0 Å². The topological polar surface area (TPSA) is 84.2 Å². The number of alkyl halides is 2. The molecule has 0 heterocycles. The maximum Gasteiger partial charge on any atom is 0.277 e. The molecule has 0 aliphatic rings. The van der Waals surface area contributed by atoms with Gasteiger partial charge in [0, 0.05) is 19.0 Å². The second kappa shape index (κ2) is 8.53. The Morgan fingerprint density at radius 2 is 1.76 bits per heavy atom. The van der Waals surface area contributed by atoms with Gasteiger partial charge in [-0.15, -0.1) is 12.4 Å². The first-order valence-corrected chi connectivity index (χ1v) is 6.03. The second-order valence-electron chi connectivity index (χ2n) is 4.35. The molecule has 1 aromatic rings. The van der Waals surface area contributed by atoms with Gasteiger partial charge in [-0.2, -0.15) is 0 Å². The predicted octanol–water partition coefficient (Wildman–Crippen LogP) is 1.07. The predicted molar refractivity (Wildman–Crippen MR) is 77.5 cm³/mol. The van der Waals surface area contributed by atoms with E-state index in [1.54, 1.807) is 12.1 Å². The molecular weight excluding hydrogens is 304 g/mol. The molecule has 8 heteroatoms. The van der Waals surface area contributed by atoms with Crippen molar-refractivity contribution in [1.29, 1.82) is 0 Å². The minimum absolute atomic E-state index is 0. The Morgan fingerprint density at radius 1 is 1.19 bits per heavy atom. The van der Waals surface area contributed by atoms with E-state index in [2.05, 4.69) is 10.6 Å². The number of benzene rings is 1. The Bertz CT molecular complexity index is 481. The van der Waals surface area contributed by atoms with Gasteiger partial charge in [-0.25, -0.2) is 8.78 Å². The molecule has 0 radical (unpaired) electrons. The number of nitrogens with one attached hydrogen (secondary N) is 2. The summed E-state index contributed by atoms with van der Waals surface area (Å²) >= 11 is 0. The number of carbonyl (C=O) groups is 2. The third kappa shape index (κ3) is 7.01. The van der Waals surface area contributed by atoms with E-state index < -0.39 is 24.9 Å². The number of carbonyl (C=O) groups excluding carboxylic acids is 2. The summed E-state index contributed by atoms with van der Waals surface area (Å²) in [4.78, 5) is 22.4. The Labute approximate surface area is 127 Å². The zero-order valence-corrected chi connectivity index (χ0v) is 12.3. The number of halogens is 3. The molecule has 0 aromatic heterocycles. The number of hydrogen-bond donors (Lipinski definition) is 3. The van der Waals surface area contributed by atoms with Crippen molar-refractivity contribution in [2.24, 2.45) is 5.73 Å². The van der Waals surface area contributed by atoms with E-state index in [0.29, 0.717) is 6.54 Å². The number of rotatable bonds is 6. The molecule has 0 bridgehead atoms. The van der Waals surface area contributed by atoms with E-state index in [1.165, 1.54) is 19.1 Å². The van der Waals surface area contributed by atoms with Crippen LogP contribution in [-0.4, -0.2) is 30.8 Å². The molecule has 118 valence electrons. The average molecular weight is 322 g/mol. The van der Waals surface area contributed by atoms with E-state index in [4.69, 9.17) is 5.73 Å². The van der Waals surface area contributed by atoms with Crippen LogP contribution in [-0.2, 0) is 11.3 Å². The van der Waals surface area contributed by atoms with Crippen LogP contribution in [0.2, 0.25) is 0 Å². The summed E-state index contributed by atoms with van der Waals surface area (Å²) in [7, 11) is 0. The molecule has 0 fully saturated rings. The molecule has 0 spiro atoms. The summed E-state index contributed by atoms with van der Waals surface area (Å²) < 4.78 is 25.8. The van der Waals surface area contributed by atoms with Gasteiger partial charge in [-0.1, -0.05) is 12.1 Å². The normalized spacial score (nSPS) is 10.5. The molecule has 0 saturated carbocycles. The van der Waals surface area contributed by atoms with Crippen molar-refractivity contribution in [2.75, 3.05) is 13.1 Å². The molecule has 0 saturated heterocycles. The van der Waals surface area contributed by atoms with Crippen LogP contribution in [0, 0.1) is 0 Å². The summed E-state index contributed by atoms with van der Waals surface area (Å²) in [6.07, 6.45) is 0. The van der Waals surface area contributed by atoms with Crippen molar-refractivity contribution in [1.82, 2.24) is 10.6 Å². The average Bonchev–Trinajstić information content (AvgIpc) is 2.43. The molecular formula is C13H18ClF2N3O2. The van der Waals surface area contributed by atoms with Gasteiger partial charge in [-0.05, 0) is 17.7 Å². The largest absolute Gasteiger partial charge is 0.352 e. The molecule has 1 rings (SSSR count). The van der Waals surface area contributed by atoms with E-state index in [9.17, 15) is 18.4 Å². The fraction of sp³-hybridized carbons (Fsp3) is 0.385. The van der Waals surface area contributed by atoms with Crippen LogP contribution in [0.4, 0.5) is 8.78 Å². The zero-order valence-electron chi connectivity index (χ0n) is 11.5. The van der Waals surface area contributed by atoms with Crippen molar-refractivity contribution >= 4 is 24.2 Å². The highest BCUT2D eigenvalue weighted by molar-refractivity contribution is 5.94. The van der Waals surface area contributed by atoms with Crippen molar-refractivity contribution in [2.45, 2.75) is 19.4 Å². The highest BCUT2D eigenvalue weighted by Gasteiger charge is 2.27. The molecule has 1 aromatic carbocycles. The third-order valence-electron chi connectivity index (χ3n) is 2.56. The van der Waals surface area contributed by atoms with Crippen molar-refractivity contribution < 1.29 is 18.4 Å². The van der Waals surface area contributed by atoms with Crippen LogP contribution in [0.5, 0.6) is 0 Å². The zero-order chi connectivity index (χ0) is 15.2. The minimum atomic E-state index is -3.11. The molecule has 5 nitrogen and oxygen atoms in total. The van der Waals surface area contributed by atoms with Gasteiger partial charge in [0.15, 0.2) is 0 Å². The van der Waals surface area contributed by atoms with E-state index in [-0.39, 0.29) is 23.9 Å².